The van der Waals surface area contributed by atoms with Crippen molar-refractivity contribution in [3.05, 3.63) is 35.9 Å². The number of methoxy groups -OCH3 is 1. The molecule has 0 spiro atoms. The normalized spacial score (nSPS) is 11.5. The summed E-state index contributed by atoms with van der Waals surface area (Å²) in [5.74, 6) is -0.557. The SMILES string of the molecule is CCCCOC(=O)NC(COC)C(=O)OCc1ccccc1. The van der Waals surface area contributed by atoms with E-state index in [-0.39, 0.29) is 13.2 Å². The van der Waals surface area contributed by atoms with E-state index in [4.69, 9.17) is 14.2 Å². The summed E-state index contributed by atoms with van der Waals surface area (Å²) in [5.41, 5.74) is 0.873. The Kier molecular flexibility index (Phi) is 8.67. The summed E-state index contributed by atoms with van der Waals surface area (Å²) in [5, 5.41) is 2.45. The zero-order chi connectivity index (χ0) is 16.2. The molecule has 1 aromatic carbocycles. The smallest absolute Gasteiger partial charge is 0.407 e. The minimum Gasteiger partial charge on any atom is -0.459 e. The molecule has 6 nitrogen and oxygen atoms in total. The first-order valence-electron chi connectivity index (χ1n) is 7.30. The molecule has 0 aromatic heterocycles. The predicted octanol–water partition coefficient (Wildman–Crippen LogP) is 2.27. The topological polar surface area (TPSA) is 73.9 Å². The number of amides is 1. The highest BCUT2D eigenvalue weighted by molar-refractivity contribution is 5.81. The van der Waals surface area contributed by atoms with E-state index in [1.54, 1.807) is 0 Å². The van der Waals surface area contributed by atoms with Crippen LogP contribution < -0.4 is 5.32 Å². The molecule has 0 aliphatic carbocycles. The minimum absolute atomic E-state index is 0.0243. The molecule has 1 N–H and O–H groups in total. The molecule has 0 radical (unpaired) electrons. The van der Waals surface area contributed by atoms with Gasteiger partial charge in [-0.2, -0.15) is 0 Å². The van der Waals surface area contributed by atoms with Crippen molar-refractivity contribution >= 4 is 12.1 Å². The third-order valence-corrected chi connectivity index (χ3v) is 2.86. The highest BCUT2D eigenvalue weighted by Gasteiger charge is 2.23. The number of ether oxygens (including phenoxy) is 3. The molecule has 1 unspecified atom stereocenters. The van der Waals surface area contributed by atoms with Crippen LogP contribution in [0.3, 0.4) is 0 Å². The molecule has 1 amide bonds. The number of alkyl carbamates (subject to hydrolysis) is 1. The zero-order valence-corrected chi connectivity index (χ0v) is 13.0. The Labute approximate surface area is 130 Å². The molecule has 22 heavy (non-hydrogen) atoms. The first-order chi connectivity index (χ1) is 10.7. The molecule has 1 atom stereocenters. The Balaban J connectivity index is 2.43. The van der Waals surface area contributed by atoms with E-state index >= 15 is 0 Å². The second-order valence-electron chi connectivity index (χ2n) is 4.74. The maximum atomic E-state index is 12.0. The molecule has 1 aromatic rings. The highest BCUT2D eigenvalue weighted by Crippen LogP contribution is 2.02. The third-order valence-electron chi connectivity index (χ3n) is 2.86. The van der Waals surface area contributed by atoms with Gasteiger partial charge in [0.25, 0.3) is 0 Å². The molecule has 0 heterocycles. The summed E-state index contributed by atoms with van der Waals surface area (Å²) in [6.45, 7) is 2.49. The molecule has 0 fully saturated rings. The second kappa shape index (κ2) is 10.6. The summed E-state index contributed by atoms with van der Waals surface area (Å²) in [7, 11) is 1.45. The zero-order valence-electron chi connectivity index (χ0n) is 13.0. The molecular weight excluding hydrogens is 286 g/mol. The average Bonchev–Trinajstić information content (AvgIpc) is 2.53. The molecular formula is C16H23NO5. The van der Waals surface area contributed by atoms with Crippen LogP contribution in [0.25, 0.3) is 0 Å². The van der Waals surface area contributed by atoms with E-state index in [1.807, 2.05) is 37.3 Å². The maximum absolute atomic E-state index is 12.0. The Morgan fingerprint density at radius 1 is 1.18 bits per heavy atom. The van der Waals surface area contributed by atoms with Gasteiger partial charge in [0.05, 0.1) is 13.2 Å². The molecule has 0 aliphatic rings. The third kappa shape index (κ3) is 7.08. The standard InChI is InChI=1S/C16H23NO5/c1-3-4-10-21-16(19)17-14(12-20-2)15(18)22-11-13-8-6-5-7-9-13/h5-9,14H,3-4,10-12H2,1-2H3,(H,17,19). The lowest BCUT2D eigenvalue weighted by Gasteiger charge is -2.16. The molecule has 0 saturated heterocycles. The summed E-state index contributed by atoms with van der Waals surface area (Å²) in [6, 6.07) is 8.42. The van der Waals surface area contributed by atoms with Crippen molar-refractivity contribution in [1.29, 1.82) is 0 Å². The van der Waals surface area contributed by atoms with Gasteiger partial charge in [-0.25, -0.2) is 9.59 Å². The Morgan fingerprint density at radius 3 is 2.55 bits per heavy atom. The highest BCUT2D eigenvalue weighted by atomic mass is 16.6. The van der Waals surface area contributed by atoms with Gasteiger partial charge in [-0.3, -0.25) is 0 Å². The van der Waals surface area contributed by atoms with Crippen molar-refractivity contribution in [1.82, 2.24) is 5.32 Å². The van der Waals surface area contributed by atoms with Gasteiger partial charge < -0.3 is 19.5 Å². The lowest BCUT2D eigenvalue weighted by Crippen LogP contribution is -2.45. The van der Waals surface area contributed by atoms with E-state index < -0.39 is 18.1 Å². The van der Waals surface area contributed by atoms with E-state index in [0.29, 0.717) is 6.61 Å². The number of hydrogen-bond donors (Lipinski definition) is 1. The average molecular weight is 309 g/mol. The fourth-order valence-electron chi connectivity index (χ4n) is 1.66. The number of nitrogens with one attached hydrogen (secondary N) is 1. The van der Waals surface area contributed by atoms with Crippen LogP contribution in [0.15, 0.2) is 30.3 Å². The van der Waals surface area contributed by atoms with Crippen LogP contribution in [-0.4, -0.2) is 38.4 Å². The first-order valence-corrected chi connectivity index (χ1v) is 7.30. The molecule has 0 saturated carbocycles. The Morgan fingerprint density at radius 2 is 1.91 bits per heavy atom. The maximum Gasteiger partial charge on any atom is 0.407 e. The van der Waals surface area contributed by atoms with Crippen molar-refractivity contribution in [2.24, 2.45) is 0 Å². The van der Waals surface area contributed by atoms with Gasteiger partial charge >= 0.3 is 12.1 Å². The summed E-state index contributed by atoms with van der Waals surface area (Å²) < 4.78 is 15.1. The van der Waals surface area contributed by atoms with E-state index in [0.717, 1.165) is 18.4 Å². The molecule has 0 bridgehead atoms. The van der Waals surface area contributed by atoms with Gasteiger partial charge in [-0.1, -0.05) is 43.7 Å². The van der Waals surface area contributed by atoms with Crippen LogP contribution in [0, 0.1) is 0 Å². The van der Waals surface area contributed by atoms with Crippen molar-refractivity contribution in [2.45, 2.75) is 32.4 Å². The number of carbonyl (C=O) groups is 2. The Hall–Kier alpha value is -2.08. The number of carbonyl (C=O) groups excluding carboxylic acids is 2. The monoisotopic (exact) mass is 309 g/mol. The molecule has 1 rings (SSSR count). The van der Waals surface area contributed by atoms with Crippen LogP contribution in [-0.2, 0) is 25.6 Å². The summed E-state index contributed by atoms with van der Waals surface area (Å²) in [6.07, 6.45) is 1.06. The number of hydrogen-bond acceptors (Lipinski definition) is 5. The first kappa shape index (κ1) is 18.0. The number of unbranched alkanes of at least 4 members (excludes halogenated alkanes) is 1. The van der Waals surface area contributed by atoms with E-state index in [2.05, 4.69) is 5.32 Å². The largest absolute Gasteiger partial charge is 0.459 e. The van der Waals surface area contributed by atoms with Gasteiger partial charge in [0.2, 0.25) is 0 Å². The van der Waals surface area contributed by atoms with Crippen LogP contribution in [0.1, 0.15) is 25.3 Å². The van der Waals surface area contributed by atoms with Crippen LogP contribution in [0.4, 0.5) is 4.79 Å². The number of esters is 1. The molecule has 122 valence electrons. The van der Waals surface area contributed by atoms with Gasteiger partial charge in [-0.05, 0) is 12.0 Å². The van der Waals surface area contributed by atoms with Crippen LogP contribution >= 0.6 is 0 Å². The number of benzene rings is 1. The van der Waals surface area contributed by atoms with Gasteiger partial charge in [0.15, 0.2) is 6.04 Å². The van der Waals surface area contributed by atoms with Crippen molar-refractivity contribution in [3.63, 3.8) is 0 Å². The lowest BCUT2D eigenvalue weighted by atomic mass is 10.2. The van der Waals surface area contributed by atoms with E-state index in [9.17, 15) is 9.59 Å². The van der Waals surface area contributed by atoms with Crippen LogP contribution in [0.5, 0.6) is 0 Å². The predicted molar refractivity (Wildman–Crippen MR) is 81.3 cm³/mol. The van der Waals surface area contributed by atoms with Gasteiger partial charge in [-0.15, -0.1) is 0 Å². The fraction of sp³-hybridized carbons (Fsp3) is 0.500. The second-order valence-corrected chi connectivity index (χ2v) is 4.74. The van der Waals surface area contributed by atoms with Gasteiger partial charge in [0.1, 0.15) is 6.61 Å². The van der Waals surface area contributed by atoms with E-state index in [1.165, 1.54) is 7.11 Å². The van der Waals surface area contributed by atoms with Crippen molar-refractivity contribution in [3.8, 4) is 0 Å². The van der Waals surface area contributed by atoms with Crippen molar-refractivity contribution < 1.29 is 23.8 Å². The number of rotatable bonds is 9. The van der Waals surface area contributed by atoms with Crippen LogP contribution in [0.2, 0.25) is 0 Å². The Bertz CT molecular complexity index is 449. The molecule has 6 heteroatoms. The van der Waals surface area contributed by atoms with Gasteiger partial charge in [0, 0.05) is 7.11 Å². The summed E-state index contributed by atoms with van der Waals surface area (Å²) in [4.78, 5) is 23.6. The summed E-state index contributed by atoms with van der Waals surface area (Å²) >= 11 is 0. The quantitative estimate of drug-likeness (QED) is 0.559. The lowest BCUT2D eigenvalue weighted by molar-refractivity contribution is -0.148. The fourth-order valence-corrected chi connectivity index (χ4v) is 1.66. The minimum atomic E-state index is -0.886. The molecule has 0 aliphatic heterocycles. The van der Waals surface area contributed by atoms with Crippen molar-refractivity contribution in [2.75, 3.05) is 20.3 Å².